The standard InChI is InChI=1S/C11H10F3NOS/c12-11(13,14)8-3-1-7(2-4-8)9-10(16)15-5-6-17-9/h1,3-7,9H,2H2,(H,15,16). The average molecular weight is 261 g/mol. The molecule has 6 heteroatoms. The van der Waals surface area contributed by atoms with Gasteiger partial charge in [0.05, 0.1) is 10.8 Å². The Morgan fingerprint density at radius 3 is 2.71 bits per heavy atom. The molecule has 1 aliphatic carbocycles. The number of thioether (sulfide) groups is 1. The maximum Gasteiger partial charge on any atom is 0.416 e. The first-order valence-electron chi connectivity index (χ1n) is 5.05. The molecule has 0 saturated carbocycles. The molecule has 1 heterocycles. The zero-order valence-electron chi connectivity index (χ0n) is 8.70. The van der Waals surface area contributed by atoms with Crippen LogP contribution in [0.1, 0.15) is 6.42 Å². The molecule has 1 aliphatic heterocycles. The van der Waals surface area contributed by atoms with Crippen LogP contribution >= 0.6 is 11.8 Å². The second-order valence-electron chi connectivity index (χ2n) is 3.78. The summed E-state index contributed by atoms with van der Waals surface area (Å²) in [6.45, 7) is 0. The first-order valence-corrected chi connectivity index (χ1v) is 5.99. The number of allylic oxidation sites excluding steroid dienone is 4. The normalized spacial score (nSPS) is 28.9. The van der Waals surface area contributed by atoms with Gasteiger partial charge < -0.3 is 5.32 Å². The van der Waals surface area contributed by atoms with Crippen molar-refractivity contribution in [2.75, 3.05) is 0 Å². The minimum absolute atomic E-state index is 0.156. The van der Waals surface area contributed by atoms with E-state index in [1.165, 1.54) is 24.0 Å². The molecule has 0 saturated heterocycles. The lowest BCUT2D eigenvalue weighted by molar-refractivity contribution is -0.120. The molecule has 1 N–H and O–H groups in total. The van der Waals surface area contributed by atoms with E-state index in [1.54, 1.807) is 5.41 Å². The molecule has 0 spiro atoms. The van der Waals surface area contributed by atoms with Crippen molar-refractivity contribution in [1.82, 2.24) is 5.32 Å². The summed E-state index contributed by atoms with van der Waals surface area (Å²) < 4.78 is 37.1. The first-order chi connectivity index (χ1) is 7.98. The third kappa shape index (κ3) is 2.74. The van der Waals surface area contributed by atoms with Crippen LogP contribution in [-0.4, -0.2) is 17.3 Å². The SMILES string of the molecule is O=C1NC=CSC1C1C=CC(C(F)(F)F)=CC1. The van der Waals surface area contributed by atoms with Crippen LogP contribution in [0.2, 0.25) is 0 Å². The molecule has 0 aromatic carbocycles. The average Bonchev–Trinajstić information content (AvgIpc) is 2.29. The Labute approximate surface area is 101 Å². The lowest BCUT2D eigenvalue weighted by Crippen LogP contribution is -2.36. The number of hydrogen-bond donors (Lipinski definition) is 1. The second-order valence-corrected chi connectivity index (χ2v) is 4.84. The largest absolute Gasteiger partial charge is 0.416 e. The Bertz CT molecular complexity index is 411. The van der Waals surface area contributed by atoms with Crippen LogP contribution in [0, 0.1) is 5.92 Å². The summed E-state index contributed by atoms with van der Waals surface area (Å²) in [5, 5.41) is 3.95. The predicted octanol–water partition coefficient (Wildman–Crippen LogP) is 2.75. The Morgan fingerprint density at radius 2 is 2.18 bits per heavy atom. The van der Waals surface area contributed by atoms with E-state index in [2.05, 4.69) is 5.32 Å². The fourth-order valence-electron chi connectivity index (χ4n) is 1.75. The van der Waals surface area contributed by atoms with Gasteiger partial charge in [0.25, 0.3) is 0 Å². The number of alkyl halides is 3. The Balaban J connectivity index is 2.05. The first kappa shape index (κ1) is 12.3. The van der Waals surface area contributed by atoms with Gasteiger partial charge in [-0.05, 0) is 11.8 Å². The van der Waals surface area contributed by atoms with Crippen LogP contribution < -0.4 is 5.32 Å². The molecule has 2 unspecified atom stereocenters. The van der Waals surface area contributed by atoms with Crippen molar-refractivity contribution in [3.05, 3.63) is 35.4 Å². The van der Waals surface area contributed by atoms with Crippen LogP contribution in [0.5, 0.6) is 0 Å². The van der Waals surface area contributed by atoms with Gasteiger partial charge in [0.1, 0.15) is 0 Å². The van der Waals surface area contributed by atoms with Gasteiger partial charge in [0.2, 0.25) is 5.91 Å². The smallest absolute Gasteiger partial charge is 0.331 e. The minimum Gasteiger partial charge on any atom is -0.331 e. The van der Waals surface area contributed by atoms with Gasteiger partial charge in [-0.1, -0.05) is 18.2 Å². The number of halogens is 3. The van der Waals surface area contributed by atoms with Crippen LogP contribution in [0.4, 0.5) is 13.2 Å². The number of nitrogens with one attached hydrogen (secondary N) is 1. The summed E-state index contributed by atoms with van der Waals surface area (Å²) in [6, 6.07) is 0. The van der Waals surface area contributed by atoms with Crippen molar-refractivity contribution in [2.24, 2.45) is 5.92 Å². The van der Waals surface area contributed by atoms with Crippen molar-refractivity contribution in [2.45, 2.75) is 17.8 Å². The molecule has 17 heavy (non-hydrogen) atoms. The van der Waals surface area contributed by atoms with Gasteiger partial charge in [-0.15, -0.1) is 11.8 Å². The zero-order valence-corrected chi connectivity index (χ0v) is 9.52. The molecule has 0 radical (unpaired) electrons. The van der Waals surface area contributed by atoms with Gasteiger partial charge in [0, 0.05) is 12.1 Å². The van der Waals surface area contributed by atoms with Crippen molar-refractivity contribution >= 4 is 17.7 Å². The third-order valence-electron chi connectivity index (χ3n) is 2.63. The maximum absolute atomic E-state index is 12.4. The number of rotatable bonds is 1. The number of amides is 1. The molecule has 2 atom stereocenters. The van der Waals surface area contributed by atoms with E-state index in [0.717, 1.165) is 12.2 Å². The topological polar surface area (TPSA) is 29.1 Å². The van der Waals surface area contributed by atoms with Gasteiger partial charge in [-0.2, -0.15) is 13.2 Å². The summed E-state index contributed by atoms with van der Waals surface area (Å²) in [7, 11) is 0. The fraction of sp³-hybridized carbons (Fsp3) is 0.364. The Hall–Kier alpha value is -1.17. The minimum atomic E-state index is -4.30. The van der Waals surface area contributed by atoms with Crippen molar-refractivity contribution in [3.63, 3.8) is 0 Å². The number of carbonyl (C=O) groups excluding carboxylic acids is 1. The summed E-state index contributed by atoms with van der Waals surface area (Å²) >= 11 is 1.33. The van der Waals surface area contributed by atoms with E-state index in [9.17, 15) is 18.0 Å². The molecule has 2 rings (SSSR count). The summed E-state index contributed by atoms with van der Waals surface area (Å²) in [6.07, 6.45) is 1.15. The molecule has 2 nitrogen and oxygen atoms in total. The van der Waals surface area contributed by atoms with E-state index >= 15 is 0 Å². The van der Waals surface area contributed by atoms with E-state index in [0.29, 0.717) is 0 Å². The zero-order chi connectivity index (χ0) is 12.5. The van der Waals surface area contributed by atoms with E-state index in [-0.39, 0.29) is 23.5 Å². The van der Waals surface area contributed by atoms with Crippen LogP contribution in [0.25, 0.3) is 0 Å². The fourth-order valence-corrected chi connectivity index (χ4v) is 2.66. The quantitative estimate of drug-likeness (QED) is 0.786. The number of hydrogen-bond acceptors (Lipinski definition) is 2. The summed E-state index contributed by atoms with van der Waals surface area (Å²) in [5.41, 5.74) is -0.634. The molecule has 0 aromatic rings. The van der Waals surface area contributed by atoms with Gasteiger partial charge >= 0.3 is 6.18 Å². The third-order valence-corrected chi connectivity index (χ3v) is 3.78. The van der Waals surface area contributed by atoms with Crippen molar-refractivity contribution in [3.8, 4) is 0 Å². The monoisotopic (exact) mass is 261 g/mol. The highest BCUT2D eigenvalue weighted by atomic mass is 32.2. The summed E-state index contributed by atoms with van der Waals surface area (Å²) in [4.78, 5) is 11.5. The van der Waals surface area contributed by atoms with Crippen molar-refractivity contribution < 1.29 is 18.0 Å². The van der Waals surface area contributed by atoms with Crippen LogP contribution in [0.15, 0.2) is 35.4 Å². The van der Waals surface area contributed by atoms with E-state index in [1.807, 2.05) is 0 Å². The summed E-state index contributed by atoms with van der Waals surface area (Å²) in [5.74, 6) is -0.341. The lowest BCUT2D eigenvalue weighted by Gasteiger charge is -2.25. The Morgan fingerprint density at radius 1 is 1.41 bits per heavy atom. The van der Waals surface area contributed by atoms with Crippen LogP contribution in [0.3, 0.4) is 0 Å². The molecule has 0 aromatic heterocycles. The van der Waals surface area contributed by atoms with Crippen molar-refractivity contribution in [1.29, 1.82) is 0 Å². The second kappa shape index (κ2) is 4.60. The van der Waals surface area contributed by atoms with Gasteiger partial charge in [0.15, 0.2) is 0 Å². The molecule has 2 aliphatic rings. The molecule has 0 bridgehead atoms. The maximum atomic E-state index is 12.4. The molecule has 0 fully saturated rings. The molecule has 1 amide bonds. The Kier molecular flexibility index (Phi) is 3.33. The van der Waals surface area contributed by atoms with Gasteiger partial charge in [-0.25, -0.2) is 0 Å². The van der Waals surface area contributed by atoms with Crippen LogP contribution in [-0.2, 0) is 4.79 Å². The highest BCUT2D eigenvalue weighted by Gasteiger charge is 2.35. The van der Waals surface area contributed by atoms with E-state index < -0.39 is 11.7 Å². The molecule has 92 valence electrons. The number of carbonyl (C=O) groups is 1. The highest BCUT2D eigenvalue weighted by molar-refractivity contribution is 8.03. The molecular weight excluding hydrogens is 251 g/mol. The predicted molar refractivity (Wildman–Crippen MR) is 60.0 cm³/mol. The van der Waals surface area contributed by atoms with Gasteiger partial charge in [-0.3, -0.25) is 4.79 Å². The van der Waals surface area contributed by atoms with E-state index in [4.69, 9.17) is 0 Å². The lowest BCUT2D eigenvalue weighted by atomic mass is 9.93. The highest BCUT2D eigenvalue weighted by Crippen LogP contribution is 2.35. The molecular formula is C11H10F3NOS.